The molecule has 0 saturated carbocycles. The molecule has 0 aliphatic rings. The third-order valence-corrected chi connectivity index (χ3v) is 5.76. The summed E-state index contributed by atoms with van der Waals surface area (Å²) in [6.45, 7) is 0. The van der Waals surface area contributed by atoms with E-state index >= 15 is 0 Å². The molecule has 3 aromatic carbocycles. The maximum atomic E-state index is 13.6. The summed E-state index contributed by atoms with van der Waals surface area (Å²) in [6, 6.07) is 25.2. The van der Waals surface area contributed by atoms with Gasteiger partial charge in [0, 0.05) is 26.2 Å². The van der Waals surface area contributed by atoms with Crippen molar-refractivity contribution in [1.29, 1.82) is 5.41 Å². The number of benzene rings is 3. The lowest BCUT2D eigenvalue weighted by molar-refractivity contribution is -0.117. The third kappa shape index (κ3) is 4.51. The average Bonchev–Trinajstić information content (AvgIpc) is 3.32. The molecule has 0 fully saturated rings. The normalized spacial score (nSPS) is 12.6. The van der Waals surface area contributed by atoms with Crippen LogP contribution in [-0.2, 0) is 4.79 Å². The molecule has 6 nitrogen and oxygen atoms in total. The number of nitrogen functional groups attached to an aromatic ring is 1. The number of nitrogens with zero attached hydrogens (tertiary/aromatic N) is 2. The van der Waals surface area contributed by atoms with Crippen LogP contribution in [0.2, 0.25) is 0 Å². The minimum absolute atomic E-state index is 0. The lowest BCUT2D eigenvalue weighted by Gasteiger charge is -2.28. The van der Waals surface area contributed by atoms with Crippen molar-refractivity contribution in [3.05, 3.63) is 107 Å². The number of nitrogens with one attached hydrogen (secondary N) is 2. The standard InChI is InChI=1S/C24H21N5OS.2H2/c25-14-19-13-18(11-12-20(19)26)21(16-7-3-1-4-8-16)22(17-9-5-2-6-10-17)23(30)28-24-29-27-15-31-24;;/h1-15,21-22,25H,26H2,(H,28,29,30);2*1H. The molecule has 0 aliphatic heterocycles. The summed E-state index contributed by atoms with van der Waals surface area (Å²) in [5, 5.41) is 18.9. The molecule has 2 unspecified atom stereocenters. The fraction of sp³-hybridized carbons (Fsp3) is 0.0833. The van der Waals surface area contributed by atoms with E-state index in [2.05, 4.69) is 15.5 Å². The predicted octanol–water partition coefficient (Wildman–Crippen LogP) is 5.16. The number of nitrogens with two attached hydrogens (primary N) is 1. The number of hydrogen-bond donors (Lipinski definition) is 3. The van der Waals surface area contributed by atoms with E-state index in [1.807, 2.05) is 72.8 Å². The van der Waals surface area contributed by atoms with Gasteiger partial charge in [-0.25, -0.2) is 0 Å². The van der Waals surface area contributed by atoms with Crippen molar-refractivity contribution in [3.63, 3.8) is 0 Å². The highest BCUT2D eigenvalue weighted by atomic mass is 32.1. The zero-order chi connectivity index (χ0) is 21.6. The Morgan fingerprint density at radius 1 is 1.00 bits per heavy atom. The Morgan fingerprint density at radius 2 is 1.68 bits per heavy atom. The van der Waals surface area contributed by atoms with Crippen molar-refractivity contribution >= 4 is 34.3 Å². The molecule has 0 spiro atoms. The minimum atomic E-state index is -0.533. The van der Waals surface area contributed by atoms with Gasteiger partial charge < -0.3 is 11.1 Å². The molecule has 4 rings (SSSR count). The van der Waals surface area contributed by atoms with Crippen LogP contribution in [0.3, 0.4) is 0 Å². The number of rotatable bonds is 7. The van der Waals surface area contributed by atoms with E-state index in [1.165, 1.54) is 17.6 Å². The molecule has 1 amide bonds. The monoisotopic (exact) mass is 431 g/mol. The summed E-state index contributed by atoms with van der Waals surface area (Å²) in [5.74, 6) is -1.00. The van der Waals surface area contributed by atoms with Gasteiger partial charge in [0.2, 0.25) is 11.0 Å². The second-order valence-corrected chi connectivity index (χ2v) is 7.88. The Hall–Kier alpha value is -3.84. The molecule has 1 heterocycles. The zero-order valence-electron chi connectivity index (χ0n) is 16.6. The number of carbonyl (C=O) groups excluding carboxylic acids is 1. The first-order valence-electron chi connectivity index (χ1n) is 9.74. The molecule has 0 saturated heterocycles. The summed E-state index contributed by atoms with van der Waals surface area (Å²) < 4.78 is 0. The molecule has 1 aromatic heterocycles. The Balaban J connectivity index is 0.00000193. The van der Waals surface area contributed by atoms with Crippen LogP contribution in [0.4, 0.5) is 10.8 Å². The van der Waals surface area contributed by atoms with Gasteiger partial charge in [-0.15, -0.1) is 10.2 Å². The maximum Gasteiger partial charge on any atom is 0.234 e. The second kappa shape index (κ2) is 9.32. The first kappa shape index (κ1) is 20.4. The second-order valence-electron chi connectivity index (χ2n) is 7.04. The molecular weight excluding hydrogens is 406 g/mol. The summed E-state index contributed by atoms with van der Waals surface area (Å²) >= 11 is 1.27. The van der Waals surface area contributed by atoms with Crippen LogP contribution in [0.15, 0.2) is 84.4 Å². The van der Waals surface area contributed by atoms with Crippen LogP contribution in [-0.4, -0.2) is 22.3 Å². The van der Waals surface area contributed by atoms with E-state index in [1.54, 1.807) is 11.6 Å². The summed E-state index contributed by atoms with van der Waals surface area (Å²) in [4.78, 5) is 13.6. The molecule has 2 atom stereocenters. The van der Waals surface area contributed by atoms with Gasteiger partial charge in [-0.2, -0.15) is 0 Å². The van der Waals surface area contributed by atoms with Crippen LogP contribution in [0.25, 0.3) is 0 Å². The predicted molar refractivity (Wildman–Crippen MR) is 129 cm³/mol. The highest BCUT2D eigenvalue weighted by Crippen LogP contribution is 2.40. The van der Waals surface area contributed by atoms with Gasteiger partial charge in [0.15, 0.2) is 0 Å². The van der Waals surface area contributed by atoms with E-state index in [0.29, 0.717) is 16.4 Å². The van der Waals surface area contributed by atoms with Gasteiger partial charge in [-0.3, -0.25) is 10.1 Å². The van der Waals surface area contributed by atoms with Crippen molar-refractivity contribution < 1.29 is 7.65 Å². The highest BCUT2D eigenvalue weighted by molar-refractivity contribution is 7.13. The van der Waals surface area contributed by atoms with Crippen LogP contribution in [0.1, 0.15) is 36.9 Å². The molecule has 0 radical (unpaired) electrons. The van der Waals surface area contributed by atoms with E-state index < -0.39 is 5.92 Å². The van der Waals surface area contributed by atoms with Crippen molar-refractivity contribution in [2.45, 2.75) is 11.8 Å². The SMILES string of the molecule is N=Cc1cc(C(c2ccccc2)C(C(=O)Nc2nncs2)c2ccccc2)ccc1N.[HH].[HH]. The van der Waals surface area contributed by atoms with Crippen molar-refractivity contribution in [1.82, 2.24) is 10.2 Å². The first-order chi connectivity index (χ1) is 15.2. The van der Waals surface area contributed by atoms with E-state index in [0.717, 1.165) is 16.7 Å². The Morgan fingerprint density at radius 3 is 2.29 bits per heavy atom. The van der Waals surface area contributed by atoms with E-state index in [4.69, 9.17) is 11.1 Å². The molecule has 31 heavy (non-hydrogen) atoms. The quantitative estimate of drug-likeness (QED) is 0.277. The van der Waals surface area contributed by atoms with Gasteiger partial charge in [0.1, 0.15) is 5.51 Å². The highest BCUT2D eigenvalue weighted by Gasteiger charge is 2.33. The van der Waals surface area contributed by atoms with Crippen molar-refractivity contribution in [2.75, 3.05) is 11.1 Å². The van der Waals surface area contributed by atoms with Crippen LogP contribution >= 0.6 is 11.3 Å². The largest absolute Gasteiger partial charge is 0.398 e. The minimum Gasteiger partial charge on any atom is -0.398 e. The van der Waals surface area contributed by atoms with Gasteiger partial charge in [-0.1, -0.05) is 78.1 Å². The first-order valence-corrected chi connectivity index (χ1v) is 10.6. The summed E-state index contributed by atoms with van der Waals surface area (Å²) in [5.41, 5.74) is 11.5. The number of hydrogen-bond acceptors (Lipinski definition) is 6. The fourth-order valence-electron chi connectivity index (χ4n) is 3.72. The maximum absolute atomic E-state index is 13.6. The van der Waals surface area contributed by atoms with Gasteiger partial charge in [0.05, 0.1) is 5.92 Å². The molecule has 4 N–H and O–H groups in total. The average molecular weight is 432 g/mol. The Bertz CT molecular complexity index is 1170. The fourth-order valence-corrected chi connectivity index (χ4v) is 4.16. The number of carbonyl (C=O) groups is 1. The van der Waals surface area contributed by atoms with Crippen LogP contribution in [0, 0.1) is 5.41 Å². The lowest BCUT2D eigenvalue weighted by Crippen LogP contribution is -2.27. The van der Waals surface area contributed by atoms with Crippen LogP contribution < -0.4 is 11.1 Å². The van der Waals surface area contributed by atoms with Gasteiger partial charge in [-0.05, 0) is 28.8 Å². The number of anilines is 2. The molecule has 4 aromatic rings. The molecule has 158 valence electrons. The third-order valence-electron chi connectivity index (χ3n) is 5.15. The topological polar surface area (TPSA) is 105 Å². The van der Waals surface area contributed by atoms with Crippen molar-refractivity contribution in [3.8, 4) is 0 Å². The summed E-state index contributed by atoms with van der Waals surface area (Å²) in [7, 11) is 0. The summed E-state index contributed by atoms with van der Waals surface area (Å²) in [6.07, 6.45) is 1.24. The smallest absolute Gasteiger partial charge is 0.234 e. The van der Waals surface area contributed by atoms with Gasteiger partial charge in [0.25, 0.3) is 0 Å². The lowest BCUT2D eigenvalue weighted by atomic mass is 9.76. The zero-order valence-corrected chi connectivity index (χ0v) is 17.4. The Kier molecular flexibility index (Phi) is 6.14. The van der Waals surface area contributed by atoms with Crippen LogP contribution in [0.5, 0.6) is 0 Å². The molecule has 0 bridgehead atoms. The molecule has 7 heteroatoms. The number of amides is 1. The van der Waals surface area contributed by atoms with E-state index in [-0.39, 0.29) is 14.7 Å². The Labute approximate surface area is 187 Å². The molecule has 0 aliphatic carbocycles. The molecular formula is C24H25N5OS. The van der Waals surface area contributed by atoms with E-state index in [9.17, 15) is 4.79 Å². The van der Waals surface area contributed by atoms with Gasteiger partial charge >= 0.3 is 0 Å². The number of aromatic nitrogens is 2. The van der Waals surface area contributed by atoms with Crippen molar-refractivity contribution in [2.24, 2.45) is 0 Å².